The second-order valence-electron chi connectivity index (χ2n) is 21.2. The third kappa shape index (κ3) is 49.2. The molecule has 0 saturated carbocycles. The van der Waals surface area contributed by atoms with E-state index in [0.29, 0.717) is 12.8 Å². The molecule has 6 N–H and O–H groups in total. The number of halogens is 12. The molecule has 582 valence electrons. The second-order valence-corrected chi connectivity index (χ2v) is 34.1. The van der Waals surface area contributed by atoms with Crippen LogP contribution in [0.3, 0.4) is 0 Å². The van der Waals surface area contributed by atoms with Gasteiger partial charge in [0, 0.05) is 41.7 Å². The van der Waals surface area contributed by atoms with Crippen LogP contribution in [0.1, 0.15) is 104 Å². The summed E-state index contributed by atoms with van der Waals surface area (Å²) < 4.78 is 116. The smallest absolute Gasteiger partial charge is 0.870 e. The number of hydrogen-bond acceptors (Lipinski definition) is 25. The minimum Gasteiger partial charge on any atom is -0.870 e. The minimum atomic E-state index is -4.38. The fourth-order valence-electron chi connectivity index (χ4n) is 8.82. The van der Waals surface area contributed by atoms with E-state index in [1.165, 1.54) is 51.0 Å². The van der Waals surface area contributed by atoms with Crippen LogP contribution >= 0.6 is 155 Å². The molecule has 2 amide bonds. The van der Waals surface area contributed by atoms with Crippen molar-refractivity contribution < 1.29 is 160 Å². The molecule has 0 radical (unpaired) electrons. The van der Waals surface area contributed by atoms with E-state index in [0.717, 1.165) is 70.6 Å². The van der Waals surface area contributed by atoms with Crippen molar-refractivity contribution in [3.8, 4) is 6.07 Å². The van der Waals surface area contributed by atoms with E-state index < -0.39 is 124 Å². The van der Waals surface area contributed by atoms with Gasteiger partial charge in [-0.25, -0.2) is 18.7 Å². The minimum absolute atomic E-state index is 0. The van der Waals surface area contributed by atoms with Crippen molar-refractivity contribution in [3.05, 3.63) is 50.6 Å². The first-order valence-corrected chi connectivity index (χ1v) is 38.3. The van der Waals surface area contributed by atoms with Crippen molar-refractivity contribution in [2.45, 2.75) is 199 Å². The molecule has 42 heteroatoms. The number of rotatable bonds is 48. The van der Waals surface area contributed by atoms with Gasteiger partial charge in [-0.1, -0.05) is 242 Å². The van der Waals surface area contributed by atoms with Gasteiger partial charge in [0.15, 0.2) is 18.8 Å². The molecule has 27 nitrogen and oxygen atoms in total. The number of carbonyl (C=O) groups is 2. The number of alkyl halides is 12. The van der Waals surface area contributed by atoms with Gasteiger partial charge in [0.05, 0.1) is 51.8 Å². The first-order valence-electron chi connectivity index (χ1n) is 30.8. The fourth-order valence-corrected chi connectivity index (χ4v) is 12.0. The van der Waals surface area contributed by atoms with Gasteiger partial charge in [0.1, 0.15) is 68.0 Å². The molecular formula is C58H97Cl12KN4O23P2. The van der Waals surface area contributed by atoms with Crippen LogP contribution in [0, 0.1) is 11.3 Å². The van der Waals surface area contributed by atoms with Crippen LogP contribution in [0.4, 0.5) is 9.59 Å². The Morgan fingerprint density at radius 2 is 0.940 bits per heavy atom. The van der Waals surface area contributed by atoms with Crippen molar-refractivity contribution >= 4 is 167 Å². The van der Waals surface area contributed by atoms with E-state index in [1.807, 2.05) is 0 Å². The summed E-state index contributed by atoms with van der Waals surface area (Å²) in [6.45, 7) is 16.6. The van der Waals surface area contributed by atoms with E-state index in [-0.39, 0.29) is 122 Å². The summed E-state index contributed by atoms with van der Waals surface area (Å²) in [6, 6.07) is -1.23. The normalized spacial score (nSPS) is 22.0. The van der Waals surface area contributed by atoms with Crippen LogP contribution in [0.15, 0.2) is 50.6 Å². The number of nitrogens with zero attached hydrogens (tertiary/aromatic N) is 1. The molecular weight excluding hydrogens is 1650 g/mol. The fraction of sp³-hybridized carbons (Fsp3) is 0.810. The molecule has 13 atom stereocenters. The topological polar surface area (TPSA) is 349 Å². The SMILES string of the molecule is C=CCOP(=O)(OCC=C)O[C@H]1[C@H](OCC[C@@H](CCCCCCC)OC)[C@@H](NC(=O)OCC(Cl)(Cl)Cl)C(O)O[C@@H]1COC.C=CCOP(=O)(OCC=C)O[C@H]1[C@H](OCC[C@@H](CCCCCCC)OC)[C@@H](NC(=O)OCC(Cl)(Cl)Cl)C(O[C@@H](N)C(Cl)(Cl)Cl)O[C@@H]1COC.N#CC(Cl)(Cl)Cl.[K+].[OH-]. The standard InChI is InChI=1S/C29H49Cl6N2O11P.C27H47Cl3NO11P.C2Cl3N.K.H2O/c1-6-9-10-11-12-13-20(41-5)14-17-42-24-22(37-27(38)43-19-28(30,31)32)25(47-26(36)29(33,34)35)46-21(18-40-4)23(24)48-49(39,44-15-7-2)45-16-8-3;1-6-9-10-11-12-13-20(36-5)14-17-37-24-22(31-26(33)38-19-27(28,29)30)25(32)41-21(18-35-4)23(24)42-43(34,39-15-7-2)40-16-8-3;3-2(4,5)1-6;;/h7-8,20-26H,2-3,6,9-19,36H2,1,4-5H3,(H,37,38);7-8,20-25,32H,2-3,6,9-19H2,1,4-5H3,(H,31,33);;;1H2/q;;;+1;/p-1/t20-,21-,22-,23-,24-,25?,26-;20-,21-,22-,23-,24-,25?;;;/m11.../s1. The van der Waals surface area contributed by atoms with Crippen molar-refractivity contribution in [1.29, 1.82) is 5.26 Å². The molecule has 0 aromatic heterocycles. The quantitative estimate of drug-likeness (QED) is 0.0110. The Morgan fingerprint density at radius 1 is 0.590 bits per heavy atom. The Bertz CT molecular complexity index is 2330. The molecule has 0 aromatic rings. The summed E-state index contributed by atoms with van der Waals surface area (Å²) >= 11 is 67.0. The van der Waals surface area contributed by atoms with Gasteiger partial charge < -0.3 is 79.1 Å². The Kier molecular flexibility index (Phi) is 62.3. The zero-order valence-corrected chi connectivity index (χ0v) is 71.0. The van der Waals surface area contributed by atoms with Crippen molar-refractivity contribution in [1.82, 2.24) is 10.6 Å². The summed E-state index contributed by atoms with van der Waals surface area (Å²) in [5, 5.41) is 23.7. The predicted molar refractivity (Wildman–Crippen MR) is 384 cm³/mol. The van der Waals surface area contributed by atoms with Crippen LogP contribution in [0.5, 0.6) is 0 Å². The molecule has 0 spiro atoms. The third-order valence-electron chi connectivity index (χ3n) is 13.3. The third-order valence-corrected chi connectivity index (χ3v) is 17.8. The maximum absolute atomic E-state index is 13.9. The van der Waals surface area contributed by atoms with Crippen LogP contribution in [-0.2, 0) is 88.4 Å². The number of methoxy groups -OCH3 is 4. The number of ether oxygens (including phenoxy) is 11. The summed E-state index contributed by atoms with van der Waals surface area (Å²) in [7, 11) is -2.61. The summed E-state index contributed by atoms with van der Waals surface area (Å²) in [5.74, 6) is 0. The van der Waals surface area contributed by atoms with Gasteiger partial charge in [-0.05, 0) is 25.7 Å². The second kappa shape index (κ2) is 58.7. The molecule has 2 aliphatic heterocycles. The van der Waals surface area contributed by atoms with Gasteiger partial charge in [-0.3, -0.25) is 27.1 Å². The van der Waals surface area contributed by atoms with Crippen molar-refractivity contribution in [3.63, 3.8) is 0 Å². The van der Waals surface area contributed by atoms with Gasteiger partial charge in [0.2, 0.25) is 11.4 Å². The zero-order valence-electron chi connectivity index (χ0n) is 57.0. The molecule has 0 aliphatic carbocycles. The Balaban J connectivity index is -0.00000172. The summed E-state index contributed by atoms with van der Waals surface area (Å²) in [4.78, 5) is 25.6. The van der Waals surface area contributed by atoms with E-state index >= 15 is 0 Å². The molecule has 100 heavy (non-hydrogen) atoms. The first kappa shape index (κ1) is 106. The van der Waals surface area contributed by atoms with E-state index in [9.17, 15) is 23.8 Å². The van der Waals surface area contributed by atoms with Crippen LogP contribution in [0.25, 0.3) is 0 Å². The number of nitrogens with one attached hydrogen (secondary N) is 2. The van der Waals surface area contributed by atoms with Gasteiger partial charge in [-0.15, -0.1) is 26.3 Å². The number of nitrogens with two attached hydrogens (primary N) is 1. The summed E-state index contributed by atoms with van der Waals surface area (Å²) in [6.07, 6.45) is 4.88. The number of carbonyl (C=O) groups excluding carboxylic acids is 2. The average molecular weight is 1740 g/mol. The average Bonchev–Trinajstić information content (AvgIpc) is 0.784. The number of hydrogen-bond donors (Lipinski definition) is 4. The number of aliphatic hydroxyl groups is 1. The Morgan fingerprint density at radius 3 is 1.26 bits per heavy atom. The van der Waals surface area contributed by atoms with E-state index in [2.05, 4.69) is 50.8 Å². The van der Waals surface area contributed by atoms with Crippen molar-refractivity contribution in [2.75, 3.05) is 94.5 Å². The number of nitriles is 1. The van der Waals surface area contributed by atoms with E-state index in [4.69, 9.17) is 229 Å². The zero-order chi connectivity index (χ0) is 74.6. The van der Waals surface area contributed by atoms with Crippen molar-refractivity contribution in [2.24, 2.45) is 5.73 Å². The largest absolute Gasteiger partial charge is 1.00 e. The number of amides is 2. The maximum atomic E-state index is 13.9. The van der Waals surface area contributed by atoms with Crippen LogP contribution < -0.4 is 67.8 Å². The van der Waals surface area contributed by atoms with Gasteiger partial charge in [-0.2, -0.15) is 5.26 Å². The Hall–Kier alpha value is 1.85. The van der Waals surface area contributed by atoms with E-state index in [1.54, 1.807) is 14.2 Å². The molecule has 0 bridgehead atoms. The molecule has 2 fully saturated rings. The number of unbranched alkanes of at least 4 members (excludes halogenated alkanes) is 8. The molecule has 2 rings (SSSR count). The van der Waals surface area contributed by atoms with Gasteiger partial charge >= 0.3 is 79.2 Å². The maximum Gasteiger partial charge on any atom is 1.00 e. The predicted octanol–water partition coefficient (Wildman–Crippen LogP) is 12.1. The Labute approximate surface area is 691 Å². The molecule has 2 aliphatic rings. The first-order chi connectivity index (χ1) is 46.0. The summed E-state index contributed by atoms with van der Waals surface area (Å²) in [5.41, 5.74) is 6.02. The molecule has 2 heterocycles. The molecule has 2 unspecified atom stereocenters. The number of phosphoric acid groups is 2. The molecule has 0 aromatic carbocycles. The number of aliphatic hydroxyl groups excluding tert-OH is 1. The van der Waals surface area contributed by atoms with Crippen LogP contribution in [0.2, 0.25) is 0 Å². The monoisotopic (exact) mass is 1740 g/mol. The van der Waals surface area contributed by atoms with Crippen LogP contribution in [-0.4, -0.2) is 212 Å². The number of alkyl carbamates (subject to hydrolysis) is 2. The molecule has 2 saturated heterocycles. The number of phosphoric ester groups is 2. The van der Waals surface area contributed by atoms with Gasteiger partial charge in [0.25, 0.3) is 3.79 Å².